The fourth-order valence-electron chi connectivity index (χ4n) is 1.89. The first-order valence-electron chi connectivity index (χ1n) is 6.10. The molecule has 5 heteroatoms. The normalized spacial score (nSPS) is 10.7. The number of nitrogens with zero attached hydrogens (tertiary/aromatic N) is 2. The summed E-state index contributed by atoms with van der Waals surface area (Å²) in [6.07, 6.45) is 1.66. The second-order valence-electron chi connectivity index (χ2n) is 4.41. The van der Waals surface area contributed by atoms with Crippen molar-refractivity contribution in [3.05, 3.63) is 40.4 Å². The van der Waals surface area contributed by atoms with Crippen LogP contribution in [0.25, 0.3) is 11.3 Å². The molecule has 0 saturated heterocycles. The third kappa shape index (κ3) is 3.01. The summed E-state index contributed by atoms with van der Waals surface area (Å²) < 4.78 is 13.4. The number of nitrogen functional groups attached to an aromatic ring is 1. The molecule has 0 atom stereocenters. The van der Waals surface area contributed by atoms with E-state index in [4.69, 9.17) is 17.3 Å². The van der Waals surface area contributed by atoms with E-state index in [1.807, 2.05) is 13.8 Å². The zero-order valence-electron chi connectivity index (χ0n) is 10.9. The van der Waals surface area contributed by atoms with E-state index in [0.29, 0.717) is 27.9 Å². The zero-order valence-corrected chi connectivity index (χ0v) is 11.6. The van der Waals surface area contributed by atoms with E-state index in [1.54, 1.807) is 6.07 Å². The molecule has 100 valence electrons. The van der Waals surface area contributed by atoms with Crippen LogP contribution >= 0.6 is 11.6 Å². The number of benzene rings is 1. The summed E-state index contributed by atoms with van der Waals surface area (Å²) in [6.45, 7) is 3.86. The summed E-state index contributed by atoms with van der Waals surface area (Å²) in [7, 11) is 0. The molecule has 2 aromatic rings. The number of anilines is 1. The van der Waals surface area contributed by atoms with Crippen molar-refractivity contribution < 1.29 is 4.39 Å². The van der Waals surface area contributed by atoms with Crippen LogP contribution < -0.4 is 5.73 Å². The van der Waals surface area contributed by atoms with Crippen molar-refractivity contribution in [2.24, 2.45) is 0 Å². The largest absolute Gasteiger partial charge is 0.383 e. The van der Waals surface area contributed by atoms with Gasteiger partial charge in [0, 0.05) is 22.6 Å². The average Bonchev–Trinajstić information content (AvgIpc) is 2.32. The molecule has 2 N–H and O–H groups in total. The molecule has 1 aromatic carbocycles. The van der Waals surface area contributed by atoms with E-state index in [9.17, 15) is 4.39 Å². The molecule has 0 fully saturated rings. The van der Waals surface area contributed by atoms with E-state index in [1.165, 1.54) is 12.1 Å². The standard InChI is InChI=1S/C14H15ClFN3/c1-3-4-12-18-13(8(2)14(17)19-12)9-5-10(15)7-11(16)6-9/h5-7H,3-4H2,1-2H3,(H2,17,18,19). The zero-order chi connectivity index (χ0) is 14.0. The van der Waals surface area contributed by atoms with Crippen LogP contribution in [-0.4, -0.2) is 9.97 Å². The minimum atomic E-state index is -0.392. The van der Waals surface area contributed by atoms with Crippen molar-refractivity contribution in [2.45, 2.75) is 26.7 Å². The van der Waals surface area contributed by atoms with Crippen LogP contribution in [0.5, 0.6) is 0 Å². The quantitative estimate of drug-likeness (QED) is 0.930. The number of nitrogens with two attached hydrogens (primary N) is 1. The van der Waals surface area contributed by atoms with Crippen molar-refractivity contribution >= 4 is 17.4 Å². The van der Waals surface area contributed by atoms with Gasteiger partial charge in [-0.15, -0.1) is 0 Å². The van der Waals surface area contributed by atoms with Crippen LogP contribution in [0.15, 0.2) is 18.2 Å². The lowest BCUT2D eigenvalue weighted by atomic mass is 10.1. The Morgan fingerprint density at radius 1 is 1.26 bits per heavy atom. The Morgan fingerprint density at radius 2 is 2.00 bits per heavy atom. The molecule has 0 bridgehead atoms. The molecule has 0 unspecified atom stereocenters. The summed E-state index contributed by atoms with van der Waals surface area (Å²) in [4.78, 5) is 8.69. The number of aromatic nitrogens is 2. The topological polar surface area (TPSA) is 51.8 Å². The molecule has 2 rings (SSSR count). The van der Waals surface area contributed by atoms with Crippen LogP contribution in [0.3, 0.4) is 0 Å². The van der Waals surface area contributed by atoms with E-state index >= 15 is 0 Å². The highest BCUT2D eigenvalue weighted by atomic mass is 35.5. The maximum absolute atomic E-state index is 13.4. The van der Waals surface area contributed by atoms with Gasteiger partial charge in [-0.2, -0.15) is 0 Å². The molecular formula is C14H15ClFN3. The molecule has 0 radical (unpaired) electrons. The smallest absolute Gasteiger partial charge is 0.131 e. The molecular weight excluding hydrogens is 265 g/mol. The molecule has 0 amide bonds. The van der Waals surface area contributed by atoms with Crippen LogP contribution in [0.1, 0.15) is 24.7 Å². The van der Waals surface area contributed by atoms with E-state index in [-0.39, 0.29) is 0 Å². The lowest BCUT2D eigenvalue weighted by Crippen LogP contribution is -2.05. The second kappa shape index (κ2) is 5.53. The molecule has 1 aromatic heterocycles. The van der Waals surface area contributed by atoms with Gasteiger partial charge >= 0.3 is 0 Å². The van der Waals surface area contributed by atoms with Gasteiger partial charge < -0.3 is 5.73 Å². The van der Waals surface area contributed by atoms with Crippen molar-refractivity contribution in [3.8, 4) is 11.3 Å². The fourth-order valence-corrected chi connectivity index (χ4v) is 2.11. The highest BCUT2D eigenvalue weighted by molar-refractivity contribution is 6.30. The molecule has 0 spiro atoms. The van der Waals surface area contributed by atoms with Crippen LogP contribution in [0.4, 0.5) is 10.2 Å². The number of halogens is 2. The average molecular weight is 280 g/mol. The van der Waals surface area contributed by atoms with Gasteiger partial charge in [-0.05, 0) is 31.5 Å². The van der Waals surface area contributed by atoms with E-state index < -0.39 is 5.82 Å². The molecule has 3 nitrogen and oxygen atoms in total. The second-order valence-corrected chi connectivity index (χ2v) is 4.84. The minimum absolute atomic E-state index is 0.337. The van der Waals surface area contributed by atoms with E-state index in [2.05, 4.69) is 9.97 Å². The molecule has 0 saturated carbocycles. The lowest BCUT2D eigenvalue weighted by Gasteiger charge is -2.10. The van der Waals surface area contributed by atoms with Crippen molar-refractivity contribution in [1.82, 2.24) is 9.97 Å². The van der Waals surface area contributed by atoms with E-state index in [0.717, 1.165) is 18.4 Å². The number of rotatable bonds is 3. The highest BCUT2D eigenvalue weighted by Crippen LogP contribution is 2.27. The Labute approximate surface area is 116 Å². The summed E-state index contributed by atoms with van der Waals surface area (Å²) in [5.74, 6) is 0.700. The molecule has 0 aliphatic heterocycles. The first-order valence-corrected chi connectivity index (χ1v) is 6.48. The third-order valence-corrected chi connectivity index (χ3v) is 3.06. The number of hydrogen-bond donors (Lipinski definition) is 1. The van der Waals surface area contributed by atoms with Crippen molar-refractivity contribution in [3.63, 3.8) is 0 Å². The minimum Gasteiger partial charge on any atom is -0.383 e. The molecule has 19 heavy (non-hydrogen) atoms. The predicted molar refractivity (Wildman–Crippen MR) is 75.6 cm³/mol. The first kappa shape index (κ1) is 13.7. The van der Waals surface area contributed by atoms with Gasteiger partial charge in [-0.25, -0.2) is 14.4 Å². The third-order valence-electron chi connectivity index (χ3n) is 2.84. The Kier molecular flexibility index (Phi) is 4.00. The van der Waals surface area contributed by atoms with Gasteiger partial charge in [-0.3, -0.25) is 0 Å². The van der Waals surface area contributed by atoms with Gasteiger partial charge in [0.25, 0.3) is 0 Å². The number of hydrogen-bond acceptors (Lipinski definition) is 3. The van der Waals surface area contributed by atoms with Gasteiger partial charge in [0.05, 0.1) is 5.69 Å². The van der Waals surface area contributed by atoms with Gasteiger partial charge in [0.15, 0.2) is 0 Å². The molecule has 0 aliphatic carbocycles. The molecule has 0 aliphatic rings. The van der Waals surface area contributed by atoms with Crippen LogP contribution in [0, 0.1) is 12.7 Å². The Morgan fingerprint density at radius 3 is 2.63 bits per heavy atom. The Bertz CT molecular complexity index is 594. The molecule has 1 heterocycles. The first-order chi connectivity index (χ1) is 9.01. The summed E-state index contributed by atoms with van der Waals surface area (Å²) in [5.41, 5.74) is 7.88. The Hall–Kier alpha value is -1.68. The van der Waals surface area contributed by atoms with Crippen molar-refractivity contribution in [1.29, 1.82) is 0 Å². The van der Waals surface area contributed by atoms with Gasteiger partial charge in [0.1, 0.15) is 17.5 Å². The lowest BCUT2D eigenvalue weighted by molar-refractivity contribution is 0.628. The Balaban J connectivity index is 2.59. The highest BCUT2D eigenvalue weighted by Gasteiger charge is 2.12. The summed E-state index contributed by atoms with van der Waals surface area (Å²) in [6, 6.07) is 4.34. The van der Waals surface area contributed by atoms with Crippen molar-refractivity contribution in [2.75, 3.05) is 5.73 Å². The van der Waals surface area contributed by atoms with Crippen LogP contribution in [0.2, 0.25) is 5.02 Å². The maximum Gasteiger partial charge on any atom is 0.131 e. The van der Waals surface area contributed by atoms with Crippen LogP contribution in [-0.2, 0) is 6.42 Å². The number of aryl methyl sites for hydroxylation is 1. The summed E-state index contributed by atoms with van der Waals surface area (Å²) >= 11 is 5.88. The van der Waals surface area contributed by atoms with Gasteiger partial charge in [-0.1, -0.05) is 18.5 Å². The maximum atomic E-state index is 13.4. The fraction of sp³-hybridized carbons (Fsp3) is 0.286. The van der Waals surface area contributed by atoms with Gasteiger partial charge in [0.2, 0.25) is 0 Å². The predicted octanol–water partition coefficient (Wildman–Crippen LogP) is 3.78. The monoisotopic (exact) mass is 279 g/mol. The summed E-state index contributed by atoms with van der Waals surface area (Å²) in [5, 5.41) is 0.337. The SMILES string of the molecule is CCCc1nc(N)c(C)c(-c2cc(F)cc(Cl)c2)n1.